The Labute approximate surface area is 127 Å². The van der Waals surface area contributed by atoms with E-state index in [-0.39, 0.29) is 5.75 Å². The lowest BCUT2D eigenvalue weighted by Gasteiger charge is -2.00. The first-order valence-electron chi connectivity index (χ1n) is 6.54. The summed E-state index contributed by atoms with van der Waals surface area (Å²) in [5.41, 5.74) is 1.71. The molecule has 21 heavy (non-hydrogen) atoms. The van der Waals surface area contributed by atoms with E-state index in [4.69, 9.17) is 16.1 Å². The fourth-order valence-electron chi connectivity index (χ4n) is 2.07. The number of aromatic hydroxyl groups is 1. The monoisotopic (exact) mass is 300 g/mol. The molecule has 1 heterocycles. The molecule has 0 aliphatic rings. The first-order chi connectivity index (χ1) is 10.2. The van der Waals surface area contributed by atoms with Crippen LogP contribution in [0.25, 0.3) is 0 Å². The lowest BCUT2D eigenvalue weighted by atomic mass is 10.1. The summed E-state index contributed by atoms with van der Waals surface area (Å²) >= 11 is 6.11. The summed E-state index contributed by atoms with van der Waals surface area (Å²) in [5.74, 6) is 1.27. The molecule has 1 aromatic heterocycles. The molecule has 0 saturated heterocycles. The quantitative estimate of drug-likeness (QED) is 0.799. The molecule has 0 saturated carbocycles. The molecule has 0 unspecified atom stereocenters. The van der Waals surface area contributed by atoms with Crippen molar-refractivity contribution in [3.05, 3.63) is 76.4 Å². The van der Waals surface area contributed by atoms with Gasteiger partial charge in [0.25, 0.3) is 0 Å². The zero-order valence-corrected chi connectivity index (χ0v) is 11.9. The number of rotatable bonds is 4. The van der Waals surface area contributed by atoms with Gasteiger partial charge in [-0.1, -0.05) is 53.2 Å². The summed E-state index contributed by atoms with van der Waals surface area (Å²) in [7, 11) is 0. The van der Waals surface area contributed by atoms with Crippen LogP contribution in [0.5, 0.6) is 5.75 Å². The van der Waals surface area contributed by atoms with Gasteiger partial charge in [-0.3, -0.25) is 0 Å². The second-order valence-corrected chi connectivity index (χ2v) is 5.09. The van der Waals surface area contributed by atoms with Crippen molar-refractivity contribution in [1.29, 1.82) is 0 Å². The molecular formula is C16H13ClN2O2. The number of para-hydroxylation sites is 1. The van der Waals surface area contributed by atoms with Gasteiger partial charge in [0.15, 0.2) is 5.82 Å². The van der Waals surface area contributed by atoms with Gasteiger partial charge in [0.1, 0.15) is 5.75 Å². The Kier molecular flexibility index (Phi) is 3.88. The normalized spacial score (nSPS) is 10.7. The van der Waals surface area contributed by atoms with Crippen LogP contribution < -0.4 is 0 Å². The van der Waals surface area contributed by atoms with Crippen LogP contribution in [-0.2, 0) is 12.8 Å². The maximum Gasteiger partial charge on any atom is 0.231 e. The second-order valence-electron chi connectivity index (χ2n) is 4.68. The van der Waals surface area contributed by atoms with E-state index in [1.807, 2.05) is 36.4 Å². The standard InChI is InChI=1S/C16H13ClN2O2/c17-13-7-3-1-5-11(13)9-15-18-16(21-19-15)10-12-6-2-4-8-14(12)20/h1-8,20H,9-10H2. The van der Waals surface area contributed by atoms with Gasteiger partial charge >= 0.3 is 0 Å². The van der Waals surface area contributed by atoms with E-state index in [1.165, 1.54) is 0 Å². The molecule has 0 spiro atoms. The molecule has 0 radical (unpaired) electrons. The van der Waals surface area contributed by atoms with Gasteiger partial charge in [-0.15, -0.1) is 0 Å². The topological polar surface area (TPSA) is 59.2 Å². The number of phenolic OH excluding ortho intramolecular Hbond substituents is 1. The van der Waals surface area contributed by atoms with Gasteiger partial charge in [-0.25, -0.2) is 0 Å². The molecule has 0 bridgehead atoms. The second kappa shape index (κ2) is 5.97. The summed E-state index contributed by atoms with van der Waals surface area (Å²) in [6.45, 7) is 0. The highest BCUT2D eigenvalue weighted by molar-refractivity contribution is 6.31. The van der Waals surface area contributed by atoms with E-state index in [9.17, 15) is 5.11 Å². The van der Waals surface area contributed by atoms with Gasteiger partial charge in [-0.05, 0) is 17.7 Å². The number of benzene rings is 2. The lowest BCUT2D eigenvalue weighted by molar-refractivity contribution is 0.378. The Morgan fingerprint density at radius 3 is 2.43 bits per heavy atom. The highest BCUT2D eigenvalue weighted by Crippen LogP contribution is 2.20. The predicted molar refractivity (Wildman–Crippen MR) is 79.5 cm³/mol. The van der Waals surface area contributed by atoms with Crippen molar-refractivity contribution in [2.45, 2.75) is 12.8 Å². The van der Waals surface area contributed by atoms with Crippen LogP contribution in [0.2, 0.25) is 5.02 Å². The van der Waals surface area contributed by atoms with Crippen LogP contribution in [0.15, 0.2) is 53.1 Å². The Balaban J connectivity index is 1.75. The van der Waals surface area contributed by atoms with Crippen molar-refractivity contribution in [1.82, 2.24) is 10.1 Å². The number of nitrogens with zero attached hydrogens (tertiary/aromatic N) is 2. The molecule has 0 aliphatic heterocycles. The van der Waals surface area contributed by atoms with Gasteiger partial charge in [0, 0.05) is 17.0 Å². The molecule has 4 nitrogen and oxygen atoms in total. The molecule has 3 rings (SSSR count). The maximum atomic E-state index is 9.74. The highest BCUT2D eigenvalue weighted by atomic mass is 35.5. The Morgan fingerprint density at radius 2 is 1.67 bits per heavy atom. The van der Waals surface area contributed by atoms with Crippen LogP contribution in [-0.4, -0.2) is 15.2 Å². The highest BCUT2D eigenvalue weighted by Gasteiger charge is 2.11. The first-order valence-corrected chi connectivity index (χ1v) is 6.92. The average molecular weight is 301 g/mol. The fraction of sp³-hybridized carbons (Fsp3) is 0.125. The number of phenols is 1. The van der Waals surface area contributed by atoms with Crippen LogP contribution in [0.4, 0.5) is 0 Å². The fourth-order valence-corrected chi connectivity index (χ4v) is 2.27. The minimum Gasteiger partial charge on any atom is -0.508 e. The smallest absolute Gasteiger partial charge is 0.231 e. The van der Waals surface area contributed by atoms with Crippen molar-refractivity contribution in [3.8, 4) is 5.75 Å². The predicted octanol–water partition coefficient (Wildman–Crippen LogP) is 3.61. The summed E-state index contributed by atoms with van der Waals surface area (Å²) in [5, 5.41) is 14.4. The van der Waals surface area contributed by atoms with E-state index >= 15 is 0 Å². The molecular weight excluding hydrogens is 288 g/mol. The van der Waals surface area contributed by atoms with Crippen LogP contribution in [0.3, 0.4) is 0 Å². The summed E-state index contributed by atoms with van der Waals surface area (Å²) in [4.78, 5) is 4.34. The van der Waals surface area contributed by atoms with Gasteiger partial charge in [0.05, 0.1) is 6.42 Å². The molecule has 0 aliphatic carbocycles. The molecule has 0 fully saturated rings. The average Bonchev–Trinajstić information content (AvgIpc) is 2.91. The van der Waals surface area contributed by atoms with Crippen LogP contribution in [0, 0.1) is 0 Å². The zero-order chi connectivity index (χ0) is 14.7. The van der Waals surface area contributed by atoms with E-state index in [0.717, 1.165) is 11.1 Å². The number of hydrogen-bond donors (Lipinski definition) is 1. The number of halogens is 1. The summed E-state index contributed by atoms with van der Waals surface area (Å²) < 4.78 is 5.22. The molecule has 3 aromatic rings. The minimum absolute atomic E-state index is 0.225. The third-order valence-electron chi connectivity index (χ3n) is 3.15. The minimum atomic E-state index is 0.225. The number of aromatic nitrogens is 2. The van der Waals surface area contributed by atoms with E-state index in [1.54, 1.807) is 12.1 Å². The third kappa shape index (κ3) is 3.23. The Bertz CT molecular complexity index is 693. The van der Waals surface area contributed by atoms with E-state index in [0.29, 0.717) is 29.6 Å². The maximum absolute atomic E-state index is 9.74. The van der Waals surface area contributed by atoms with E-state index in [2.05, 4.69) is 10.1 Å². The molecule has 2 aromatic carbocycles. The molecule has 0 amide bonds. The SMILES string of the molecule is Oc1ccccc1Cc1nc(Cc2ccccc2Cl)no1. The largest absolute Gasteiger partial charge is 0.508 e. The zero-order valence-electron chi connectivity index (χ0n) is 11.2. The van der Waals surface area contributed by atoms with Crippen LogP contribution >= 0.6 is 11.6 Å². The van der Waals surface area contributed by atoms with Gasteiger partial charge in [-0.2, -0.15) is 4.98 Å². The third-order valence-corrected chi connectivity index (χ3v) is 3.52. The molecule has 5 heteroatoms. The van der Waals surface area contributed by atoms with Crippen molar-refractivity contribution < 1.29 is 9.63 Å². The molecule has 0 atom stereocenters. The molecule has 106 valence electrons. The molecule has 1 N–H and O–H groups in total. The number of hydrogen-bond acceptors (Lipinski definition) is 4. The van der Waals surface area contributed by atoms with Crippen LogP contribution in [0.1, 0.15) is 22.8 Å². The summed E-state index contributed by atoms with van der Waals surface area (Å²) in [6, 6.07) is 14.7. The Morgan fingerprint density at radius 1 is 0.952 bits per heavy atom. The first kappa shape index (κ1) is 13.6. The lowest BCUT2D eigenvalue weighted by Crippen LogP contribution is -1.93. The van der Waals surface area contributed by atoms with Crippen molar-refractivity contribution in [3.63, 3.8) is 0 Å². The summed E-state index contributed by atoms with van der Waals surface area (Å²) in [6.07, 6.45) is 0.923. The Hall–Kier alpha value is -2.33. The van der Waals surface area contributed by atoms with Crippen molar-refractivity contribution >= 4 is 11.6 Å². The van der Waals surface area contributed by atoms with Gasteiger partial charge < -0.3 is 9.63 Å². The van der Waals surface area contributed by atoms with E-state index < -0.39 is 0 Å². The van der Waals surface area contributed by atoms with Gasteiger partial charge in [0.2, 0.25) is 5.89 Å². The van der Waals surface area contributed by atoms with Crippen molar-refractivity contribution in [2.75, 3.05) is 0 Å². The van der Waals surface area contributed by atoms with Crippen molar-refractivity contribution in [2.24, 2.45) is 0 Å².